The lowest BCUT2D eigenvalue weighted by Gasteiger charge is -2.14. The summed E-state index contributed by atoms with van der Waals surface area (Å²) in [5.74, 6) is 0. The van der Waals surface area contributed by atoms with Gasteiger partial charge in [0.15, 0.2) is 0 Å². The number of para-hydroxylation sites is 5. The van der Waals surface area contributed by atoms with Gasteiger partial charge in [0.05, 0.1) is 33.1 Å². The molecule has 3 heterocycles. The average Bonchev–Trinajstić information content (AvgIpc) is 3.92. The highest BCUT2D eigenvalue weighted by molar-refractivity contribution is 6.29. The molecule has 0 aliphatic carbocycles. The number of fused-ring (bicyclic) bond motifs is 9. The number of benzene rings is 9. The molecule has 9 aromatic carbocycles. The fourth-order valence-corrected chi connectivity index (χ4v) is 9.41. The van der Waals surface area contributed by atoms with Gasteiger partial charge in [-0.25, -0.2) is 0 Å². The van der Waals surface area contributed by atoms with E-state index >= 15 is 0 Å². The van der Waals surface area contributed by atoms with E-state index < -0.39 is 0 Å². The number of aromatic nitrogens is 3. The molecule has 0 unspecified atom stereocenters. The predicted molar refractivity (Wildman–Crippen MR) is 240 cm³/mol. The molecule has 3 aromatic heterocycles. The summed E-state index contributed by atoms with van der Waals surface area (Å²) >= 11 is 0. The average molecular weight is 726 g/mol. The fourth-order valence-electron chi connectivity index (χ4n) is 9.41. The van der Waals surface area contributed by atoms with Gasteiger partial charge in [-0.15, -0.1) is 0 Å². The van der Waals surface area contributed by atoms with Gasteiger partial charge in [-0.2, -0.15) is 0 Å². The Morgan fingerprint density at radius 3 is 1.18 bits per heavy atom. The highest BCUT2D eigenvalue weighted by atomic mass is 15.0. The Kier molecular flexibility index (Phi) is 6.93. The Bertz CT molecular complexity index is 3480. The van der Waals surface area contributed by atoms with Crippen molar-refractivity contribution in [1.29, 1.82) is 0 Å². The van der Waals surface area contributed by atoms with E-state index in [4.69, 9.17) is 0 Å². The Balaban J connectivity index is 1.24. The van der Waals surface area contributed by atoms with E-state index in [0.29, 0.717) is 0 Å². The minimum atomic E-state index is 1.13. The number of nitrogens with zero attached hydrogens (tertiary/aromatic N) is 3. The van der Waals surface area contributed by atoms with Crippen LogP contribution < -0.4 is 0 Å². The van der Waals surface area contributed by atoms with Crippen molar-refractivity contribution in [2.24, 2.45) is 0 Å². The normalized spacial score (nSPS) is 11.9. The maximum absolute atomic E-state index is 2.47. The van der Waals surface area contributed by atoms with Crippen molar-refractivity contribution in [3.8, 4) is 39.3 Å². The minimum Gasteiger partial charge on any atom is -0.309 e. The first-order chi connectivity index (χ1) is 28.3. The maximum Gasteiger partial charge on any atom is 0.0568 e. The molecule has 0 amide bonds. The van der Waals surface area contributed by atoms with E-state index in [1.807, 2.05) is 0 Å². The SMILES string of the molecule is c1ccc(-c2ccc(-n3c4ccccc4c4c(-c5ccc6c(c5)c5ccccc5n6-c5ccccc5)c5c6ccccc6n(-c6ccccc6)c5cc43)cc2)cc1. The largest absolute Gasteiger partial charge is 0.309 e. The zero-order valence-electron chi connectivity index (χ0n) is 31.0. The standard InChI is InChI=1S/C54H35N3/c1-4-16-36(17-5-1)37-28-31-41(32-29-37)57-48-27-15-12-24-44(48)54-51(57)35-50-53(43-23-11-14-26-47(43)56(50)40-20-8-3-9-21-40)52(54)38-30-33-49-45(34-38)42-22-10-13-25-46(42)55(49)39-18-6-2-7-19-39/h1-35H. The lowest BCUT2D eigenvalue weighted by molar-refractivity contribution is 1.16. The third kappa shape index (κ3) is 4.73. The van der Waals surface area contributed by atoms with E-state index in [1.54, 1.807) is 0 Å². The van der Waals surface area contributed by atoms with Crippen LogP contribution in [0.15, 0.2) is 212 Å². The molecular weight excluding hydrogens is 691 g/mol. The van der Waals surface area contributed by atoms with Gasteiger partial charge in [0, 0.05) is 54.9 Å². The van der Waals surface area contributed by atoms with E-state index in [2.05, 4.69) is 226 Å². The van der Waals surface area contributed by atoms with Crippen molar-refractivity contribution in [1.82, 2.24) is 13.7 Å². The lowest BCUT2D eigenvalue weighted by Crippen LogP contribution is -1.96. The zero-order valence-corrected chi connectivity index (χ0v) is 31.0. The van der Waals surface area contributed by atoms with Crippen molar-refractivity contribution >= 4 is 65.4 Å². The molecule has 0 bridgehead atoms. The van der Waals surface area contributed by atoms with Gasteiger partial charge in [-0.1, -0.05) is 140 Å². The molecule has 57 heavy (non-hydrogen) atoms. The summed E-state index contributed by atoms with van der Waals surface area (Å²) in [5, 5.41) is 7.48. The lowest BCUT2D eigenvalue weighted by atomic mass is 9.93. The second-order valence-corrected chi connectivity index (χ2v) is 14.9. The molecule has 0 spiro atoms. The van der Waals surface area contributed by atoms with Crippen LogP contribution in [0.5, 0.6) is 0 Å². The van der Waals surface area contributed by atoms with Crippen LogP contribution in [0.3, 0.4) is 0 Å². The monoisotopic (exact) mass is 725 g/mol. The quantitative estimate of drug-likeness (QED) is 0.168. The Labute approximate surface area is 329 Å². The van der Waals surface area contributed by atoms with Gasteiger partial charge in [0.1, 0.15) is 0 Å². The molecule has 3 heteroatoms. The predicted octanol–water partition coefficient (Wildman–Crippen LogP) is 14.3. The smallest absolute Gasteiger partial charge is 0.0568 e. The highest BCUT2D eigenvalue weighted by Crippen LogP contribution is 2.48. The molecule has 0 saturated heterocycles. The first-order valence-corrected chi connectivity index (χ1v) is 19.6. The third-order valence-corrected chi connectivity index (χ3v) is 11.8. The Morgan fingerprint density at radius 1 is 0.228 bits per heavy atom. The Morgan fingerprint density at radius 2 is 0.614 bits per heavy atom. The molecule has 3 nitrogen and oxygen atoms in total. The summed E-state index contributed by atoms with van der Waals surface area (Å²) in [7, 11) is 0. The van der Waals surface area contributed by atoms with Crippen molar-refractivity contribution in [3.63, 3.8) is 0 Å². The summed E-state index contributed by atoms with van der Waals surface area (Å²) in [4.78, 5) is 0. The zero-order chi connectivity index (χ0) is 37.5. The maximum atomic E-state index is 2.47. The van der Waals surface area contributed by atoms with Gasteiger partial charge in [0.2, 0.25) is 0 Å². The van der Waals surface area contributed by atoms with Crippen LogP contribution >= 0.6 is 0 Å². The van der Waals surface area contributed by atoms with Crippen LogP contribution in [-0.2, 0) is 0 Å². The van der Waals surface area contributed by atoms with Crippen LogP contribution in [0.4, 0.5) is 0 Å². The molecule has 0 radical (unpaired) electrons. The minimum absolute atomic E-state index is 1.13. The second-order valence-electron chi connectivity index (χ2n) is 14.9. The van der Waals surface area contributed by atoms with E-state index in [9.17, 15) is 0 Å². The number of rotatable bonds is 5. The van der Waals surface area contributed by atoms with E-state index in [-0.39, 0.29) is 0 Å². The molecule has 0 fully saturated rings. The third-order valence-electron chi connectivity index (χ3n) is 11.8. The van der Waals surface area contributed by atoms with Crippen molar-refractivity contribution < 1.29 is 0 Å². The summed E-state index contributed by atoms with van der Waals surface area (Å²) in [6, 6.07) is 77.4. The van der Waals surface area contributed by atoms with E-state index in [1.165, 1.54) is 87.7 Å². The van der Waals surface area contributed by atoms with Gasteiger partial charge < -0.3 is 13.7 Å². The van der Waals surface area contributed by atoms with Crippen molar-refractivity contribution in [3.05, 3.63) is 212 Å². The van der Waals surface area contributed by atoms with Gasteiger partial charge >= 0.3 is 0 Å². The molecule has 0 saturated carbocycles. The van der Waals surface area contributed by atoms with Crippen LogP contribution in [0.1, 0.15) is 0 Å². The van der Waals surface area contributed by atoms with Crippen LogP contribution in [0, 0.1) is 0 Å². The fraction of sp³-hybridized carbons (Fsp3) is 0. The molecule has 266 valence electrons. The van der Waals surface area contributed by atoms with Crippen LogP contribution in [0.25, 0.3) is 105 Å². The van der Waals surface area contributed by atoms with Crippen LogP contribution in [-0.4, -0.2) is 13.7 Å². The molecule has 12 rings (SSSR count). The van der Waals surface area contributed by atoms with Crippen molar-refractivity contribution in [2.45, 2.75) is 0 Å². The van der Waals surface area contributed by atoms with Gasteiger partial charge in [-0.3, -0.25) is 0 Å². The summed E-state index contributed by atoms with van der Waals surface area (Å²) in [5.41, 5.74) is 15.5. The highest BCUT2D eigenvalue weighted by Gasteiger charge is 2.25. The number of hydrogen-bond acceptors (Lipinski definition) is 0. The molecule has 0 atom stereocenters. The topological polar surface area (TPSA) is 14.8 Å². The molecule has 0 aliphatic heterocycles. The number of hydrogen-bond donors (Lipinski definition) is 0. The van der Waals surface area contributed by atoms with Gasteiger partial charge in [-0.05, 0) is 89.5 Å². The first-order valence-electron chi connectivity index (χ1n) is 19.6. The first kappa shape index (κ1) is 31.7. The Hall–Kier alpha value is -7.62. The molecule has 0 N–H and O–H groups in total. The molecule has 0 aliphatic rings. The van der Waals surface area contributed by atoms with Gasteiger partial charge in [0.25, 0.3) is 0 Å². The summed E-state index contributed by atoms with van der Waals surface area (Å²) in [6.07, 6.45) is 0. The molecule has 12 aromatic rings. The second kappa shape index (κ2) is 12.5. The van der Waals surface area contributed by atoms with E-state index in [0.717, 1.165) is 17.1 Å². The molecular formula is C54H35N3. The van der Waals surface area contributed by atoms with Crippen LogP contribution in [0.2, 0.25) is 0 Å². The summed E-state index contributed by atoms with van der Waals surface area (Å²) < 4.78 is 7.32. The van der Waals surface area contributed by atoms with Crippen molar-refractivity contribution in [2.75, 3.05) is 0 Å². The summed E-state index contributed by atoms with van der Waals surface area (Å²) in [6.45, 7) is 0.